The zero-order valence-electron chi connectivity index (χ0n) is 12.9. The van der Waals surface area contributed by atoms with Crippen LogP contribution in [0.2, 0.25) is 0 Å². The molecule has 0 saturated carbocycles. The summed E-state index contributed by atoms with van der Waals surface area (Å²) in [6.07, 6.45) is -3.97. The lowest BCUT2D eigenvalue weighted by molar-refractivity contribution is -0.159. The van der Waals surface area contributed by atoms with Crippen molar-refractivity contribution in [3.63, 3.8) is 0 Å². The van der Waals surface area contributed by atoms with E-state index in [2.05, 4.69) is 25.0 Å². The highest BCUT2D eigenvalue weighted by molar-refractivity contribution is 5.67. The molecule has 0 fully saturated rings. The molecule has 0 aliphatic carbocycles. The number of hydrogen-bond acceptors (Lipinski definition) is 6. The van der Waals surface area contributed by atoms with Gasteiger partial charge >= 0.3 is 18.2 Å². The van der Waals surface area contributed by atoms with Gasteiger partial charge in [0.25, 0.3) is 0 Å². The van der Waals surface area contributed by atoms with Crippen molar-refractivity contribution in [3.8, 4) is 11.4 Å². The Kier molecular flexibility index (Phi) is 5.37. The van der Waals surface area contributed by atoms with Crippen molar-refractivity contribution in [2.75, 3.05) is 6.61 Å². The average molecular weight is 344 g/mol. The topological polar surface area (TPSA) is 90.1 Å². The molecule has 1 amide bonds. The number of carbonyl (C=O) groups is 1. The van der Waals surface area contributed by atoms with E-state index in [1.165, 1.54) is 18.3 Å². The SMILES string of the molecule is CC(C)COC(=O)NCc1ccc(-c2noc(C(F)(F)F)n2)cn1. The smallest absolute Gasteiger partial charge is 0.449 e. The number of pyridine rings is 1. The predicted molar refractivity (Wildman–Crippen MR) is 75.6 cm³/mol. The molecule has 2 aromatic heterocycles. The predicted octanol–water partition coefficient (Wildman–Crippen LogP) is 3.03. The maximum absolute atomic E-state index is 12.4. The minimum atomic E-state index is -4.70. The summed E-state index contributed by atoms with van der Waals surface area (Å²) in [5.41, 5.74) is 0.764. The summed E-state index contributed by atoms with van der Waals surface area (Å²) >= 11 is 0. The molecule has 0 radical (unpaired) electrons. The minimum absolute atomic E-state index is 0.122. The summed E-state index contributed by atoms with van der Waals surface area (Å²) in [4.78, 5) is 18.7. The van der Waals surface area contributed by atoms with Crippen LogP contribution in [0.4, 0.5) is 18.0 Å². The van der Waals surface area contributed by atoms with E-state index in [9.17, 15) is 18.0 Å². The largest absolute Gasteiger partial charge is 0.471 e. The molecule has 1 N–H and O–H groups in total. The van der Waals surface area contributed by atoms with Crippen LogP contribution >= 0.6 is 0 Å². The molecule has 0 saturated heterocycles. The average Bonchev–Trinajstić information content (AvgIpc) is 3.01. The second kappa shape index (κ2) is 7.28. The summed E-state index contributed by atoms with van der Waals surface area (Å²) in [6, 6.07) is 3.01. The zero-order chi connectivity index (χ0) is 17.7. The summed E-state index contributed by atoms with van der Waals surface area (Å²) in [7, 11) is 0. The lowest BCUT2D eigenvalue weighted by atomic mass is 10.2. The number of ether oxygens (including phenoxy) is 1. The molecule has 0 unspecified atom stereocenters. The van der Waals surface area contributed by atoms with Gasteiger partial charge in [0.15, 0.2) is 0 Å². The number of amides is 1. The normalized spacial score (nSPS) is 11.6. The van der Waals surface area contributed by atoms with Gasteiger partial charge in [-0.2, -0.15) is 18.2 Å². The first-order chi connectivity index (χ1) is 11.3. The summed E-state index contributed by atoms with van der Waals surface area (Å²) < 4.78 is 46.3. The Morgan fingerprint density at radius 3 is 2.67 bits per heavy atom. The molecule has 0 spiro atoms. The van der Waals surface area contributed by atoms with Gasteiger partial charge in [0, 0.05) is 11.8 Å². The van der Waals surface area contributed by atoms with Crippen molar-refractivity contribution in [1.29, 1.82) is 0 Å². The first-order valence-corrected chi connectivity index (χ1v) is 7.02. The van der Waals surface area contributed by atoms with Crippen LogP contribution in [0.1, 0.15) is 25.4 Å². The van der Waals surface area contributed by atoms with Crippen LogP contribution in [-0.4, -0.2) is 27.8 Å². The summed E-state index contributed by atoms with van der Waals surface area (Å²) in [6.45, 7) is 4.25. The molecule has 7 nitrogen and oxygen atoms in total. The van der Waals surface area contributed by atoms with Gasteiger partial charge in [-0.15, -0.1) is 0 Å². The molecule has 2 heterocycles. The molecule has 130 valence electrons. The van der Waals surface area contributed by atoms with Gasteiger partial charge < -0.3 is 14.6 Å². The van der Waals surface area contributed by atoms with E-state index in [0.717, 1.165) is 0 Å². The molecule has 2 aromatic rings. The maximum Gasteiger partial charge on any atom is 0.471 e. The number of rotatable bonds is 5. The fraction of sp³-hybridized carbons (Fsp3) is 0.429. The fourth-order valence-electron chi connectivity index (χ4n) is 1.57. The third-order valence-corrected chi connectivity index (χ3v) is 2.71. The van der Waals surface area contributed by atoms with Crippen LogP contribution in [0.15, 0.2) is 22.9 Å². The third kappa shape index (κ3) is 4.93. The first kappa shape index (κ1) is 17.7. The maximum atomic E-state index is 12.4. The van der Waals surface area contributed by atoms with Crippen LogP contribution in [0, 0.1) is 5.92 Å². The van der Waals surface area contributed by atoms with E-state index in [1.807, 2.05) is 13.8 Å². The van der Waals surface area contributed by atoms with Crippen LogP contribution < -0.4 is 5.32 Å². The van der Waals surface area contributed by atoms with Gasteiger partial charge in [-0.3, -0.25) is 4.98 Å². The fourth-order valence-corrected chi connectivity index (χ4v) is 1.57. The molecule has 10 heteroatoms. The number of carbonyl (C=O) groups excluding carboxylic acids is 1. The van der Waals surface area contributed by atoms with Crippen molar-refractivity contribution in [1.82, 2.24) is 20.4 Å². The first-order valence-electron chi connectivity index (χ1n) is 7.02. The van der Waals surface area contributed by atoms with E-state index in [1.54, 1.807) is 0 Å². The van der Waals surface area contributed by atoms with Gasteiger partial charge in [-0.05, 0) is 18.1 Å². The van der Waals surface area contributed by atoms with Crippen molar-refractivity contribution in [2.45, 2.75) is 26.6 Å². The van der Waals surface area contributed by atoms with E-state index >= 15 is 0 Å². The molecule has 24 heavy (non-hydrogen) atoms. The monoisotopic (exact) mass is 344 g/mol. The molecular formula is C14H15F3N4O3. The molecule has 0 atom stereocenters. The molecular weight excluding hydrogens is 329 g/mol. The zero-order valence-corrected chi connectivity index (χ0v) is 12.9. The lowest BCUT2D eigenvalue weighted by Crippen LogP contribution is -2.25. The van der Waals surface area contributed by atoms with E-state index in [-0.39, 0.29) is 23.9 Å². The summed E-state index contributed by atoms with van der Waals surface area (Å²) in [5, 5.41) is 5.78. The number of nitrogens with zero attached hydrogens (tertiary/aromatic N) is 3. The number of aromatic nitrogens is 3. The second-order valence-corrected chi connectivity index (χ2v) is 5.30. The van der Waals surface area contributed by atoms with E-state index < -0.39 is 18.2 Å². The molecule has 2 rings (SSSR count). The number of alkyl carbamates (subject to hydrolysis) is 1. The van der Waals surface area contributed by atoms with Gasteiger partial charge in [0.05, 0.1) is 18.8 Å². The molecule has 0 bridgehead atoms. The summed E-state index contributed by atoms with van der Waals surface area (Å²) in [5.74, 6) is -1.41. The molecule has 0 aromatic carbocycles. The highest BCUT2D eigenvalue weighted by Crippen LogP contribution is 2.29. The Morgan fingerprint density at radius 1 is 1.38 bits per heavy atom. The van der Waals surface area contributed by atoms with Crippen LogP contribution in [0.25, 0.3) is 11.4 Å². The van der Waals surface area contributed by atoms with Crippen molar-refractivity contribution < 1.29 is 27.2 Å². The molecule has 0 aliphatic heterocycles. The van der Waals surface area contributed by atoms with E-state index in [0.29, 0.717) is 12.3 Å². The van der Waals surface area contributed by atoms with Gasteiger partial charge in [-0.1, -0.05) is 19.0 Å². The Balaban J connectivity index is 1.93. The van der Waals surface area contributed by atoms with E-state index in [4.69, 9.17) is 4.74 Å². The standard InChI is InChI=1S/C14H15F3N4O3/c1-8(2)7-23-13(22)19-6-10-4-3-9(5-18-10)11-20-12(24-21-11)14(15,16)17/h3-5,8H,6-7H2,1-2H3,(H,19,22). The Labute approximate surface area is 135 Å². The van der Waals surface area contributed by atoms with Crippen molar-refractivity contribution >= 4 is 6.09 Å². The number of hydrogen-bond donors (Lipinski definition) is 1. The van der Waals surface area contributed by atoms with Gasteiger partial charge in [0.2, 0.25) is 5.82 Å². The number of nitrogens with one attached hydrogen (secondary N) is 1. The van der Waals surface area contributed by atoms with Crippen molar-refractivity contribution in [3.05, 3.63) is 29.9 Å². The highest BCUT2D eigenvalue weighted by atomic mass is 19.4. The Bertz CT molecular complexity index is 683. The second-order valence-electron chi connectivity index (χ2n) is 5.30. The highest BCUT2D eigenvalue weighted by Gasteiger charge is 2.38. The third-order valence-electron chi connectivity index (χ3n) is 2.71. The molecule has 0 aliphatic rings. The minimum Gasteiger partial charge on any atom is -0.449 e. The van der Waals surface area contributed by atoms with Crippen LogP contribution in [0.5, 0.6) is 0 Å². The van der Waals surface area contributed by atoms with Crippen LogP contribution in [0.3, 0.4) is 0 Å². The number of halogens is 3. The van der Waals surface area contributed by atoms with Gasteiger partial charge in [-0.25, -0.2) is 4.79 Å². The van der Waals surface area contributed by atoms with Crippen LogP contribution in [-0.2, 0) is 17.5 Å². The number of alkyl halides is 3. The van der Waals surface area contributed by atoms with Gasteiger partial charge in [0.1, 0.15) is 0 Å². The Morgan fingerprint density at radius 2 is 2.12 bits per heavy atom. The van der Waals surface area contributed by atoms with Crippen molar-refractivity contribution in [2.24, 2.45) is 5.92 Å². The lowest BCUT2D eigenvalue weighted by Gasteiger charge is -2.08. The quantitative estimate of drug-likeness (QED) is 0.897. The Hall–Kier alpha value is -2.65.